The maximum absolute atomic E-state index is 7.88. The van der Waals surface area contributed by atoms with Crippen LogP contribution in [0.1, 0.15) is 0 Å². The summed E-state index contributed by atoms with van der Waals surface area (Å²) in [4.78, 5) is 7.88. The minimum Gasteiger partial charge on any atom is -0.0772 e. The van der Waals surface area contributed by atoms with Crippen LogP contribution in [0.3, 0.4) is 0 Å². The van der Waals surface area contributed by atoms with E-state index in [2.05, 4.69) is 0 Å². The van der Waals surface area contributed by atoms with Crippen molar-refractivity contribution in [2.75, 3.05) is 0 Å². The van der Waals surface area contributed by atoms with E-state index in [4.69, 9.17) is 10.2 Å². The Labute approximate surface area is 39.4 Å². The molecule has 4 radical (unpaired) electrons. The molecule has 22 valence electrons. The summed E-state index contributed by atoms with van der Waals surface area (Å²) in [5.41, 5.74) is 0. The number of rotatable bonds is 0. The SMILES string of the molecule is O=[O+][O-].[Sn]. The molecule has 0 aliphatic heterocycles. The van der Waals surface area contributed by atoms with Crippen LogP contribution in [-0.4, -0.2) is 23.9 Å². The van der Waals surface area contributed by atoms with Crippen molar-refractivity contribution >= 4 is 23.9 Å². The fraction of sp³-hybridized carbons (Fsp3) is 0. The predicted molar refractivity (Wildman–Crippen MR) is 12.5 cm³/mol. The predicted octanol–water partition coefficient (Wildman–Crippen LogP) is -1.50. The van der Waals surface area contributed by atoms with Crippen molar-refractivity contribution in [3.8, 4) is 0 Å². The van der Waals surface area contributed by atoms with Gasteiger partial charge in [-0.05, 0) is 0 Å². The average molecular weight is 167 g/mol. The first kappa shape index (κ1) is 8.89. The molecule has 0 heterocycles. The van der Waals surface area contributed by atoms with Gasteiger partial charge in [-0.25, -0.2) is 0 Å². The Balaban J connectivity index is 0. The maximum Gasteiger partial charge on any atom is 0.154 e. The van der Waals surface area contributed by atoms with E-state index in [1.54, 1.807) is 4.75 Å². The average Bonchev–Trinajstić information content (AvgIpc) is 0.918. The van der Waals surface area contributed by atoms with Crippen LogP contribution < -0.4 is 5.26 Å². The second-order valence-electron chi connectivity index (χ2n) is 0.0680. The molecule has 0 N–H and O–H groups in total. The smallest absolute Gasteiger partial charge is 0.0772 e. The van der Waals surface area contributed by atoms with Gasteiger partial charge in [0, 0.05) is 23.9 Å². The molecule has 0 aliphatic rings. The maximum atomic E-state index is 7.88. The van der Waals surface area contributed by atoms with Crippen molar-refractivity contribution in [1.29, 1.82) is 0 Å². The van der Waals surface area contributed by atoms with E-state index >= 15 is 0 Å². The molecule has 0 bridgehead atoms. The Bertz CT molecular complexity index is 10.8. The van der Waals surface area contributed by atoms with Crippen LogP contribution in [0.25, 0.3) is 0 Å². The van der Waals surface area contributed by atoms with Crippen molar-refractivity contribution in [3.63, 3.8) is 0 Å². The largest absolute Gasteiger partial charge is 0.154 e. The Hall–Kier alpha value is 0.199. The zero-order valence-corrected chi connectivity index (χ0v) is 4.58. The molecule has 4 heavy (non-hydrogen) atoms. The molecule has 3 nitrogen and oxygen atoms in total. The molecule has 4 heteroatoms. The molecule has 0 amide bonds. The van der Waals surface area contributed by atoms with Crippen LogP contribution in [0.15, 0.2) is 0 Å². The van der Waals surface area contributed by atoms with E-state index in [1.807, 2.05) is 0 Å². The zero-order chi connectivity index (χ0) is 2.71. The minimum atomic E-state index is 0. The Kier molecular flexibility index (Phi) is 23.9. The Morgan fingerprint density at radius 2 is 1.75 bits per heavy atom. The second-order valence-corrected chi connectivity index (χ2v) is 0.0680. The minimum absolute atomic E-state index is 0. The van der Waals surface area contributed by atoms with E-state index in [9.17, 15) is 0 Å². The van der Waals surface area contributed by atoms with Gasteiger partial charge in [-0.3, -0.25) is 0 Å². The van der Waals surface area contributed by atoms with Gasteiger partial charge in [0.05, 0.1) is 0 Å². The van der Waals surface area contributed by atoms with Crippen molar-refractivity contribution in [1.82, 2.24) is 0 Å². The van der Waals surface area contributed by atoms with Crippen molar-refractivity contribution in [2.45, 2.75) is 0 Å². The summed E-state index contributed by atoms with van der Waals surface area (Å²) >= 11 is 0. The van der Waals surface area contributed by atoms with Crippen molar-refractivity contribution < 1.29 is 5.26 Å². The van der Waals surface area contributed by atoms with E-state index < -0.39 is 0 Å². The van der Waals surface area contributed by atoms with Gasteiger partial charge in [-0.1, -0.05) is 10.2 Å². The van der Waals surface area contributed by atoms with E-state index in [0.717, 1.165) is 0 Å². The monoisotopic (exact) mass is 168 g/mol. The van der Waals surface area contributed by atoms with Gasteiger partial charge < -0.3 is 0 Å². The van der Waals surface area contributed by atoms with Crippen LogP contribution in [-0.2, 0) is 0 Å². The van der Waals surface area contributed by atoms with Gasteiger partial charge in [0.2, 0.25) is 0 Å². The van der Waals surface area contributed by atoms with Crippen molar-refractivity contribution in [3.05, 3.63) is 9.71 Å². The molecule has 0 aromatic rings. The van der Waals surface area contributed by atoms with E-state index in [-0.39, 0.29) is 23.9 Å². The number of hydrogen-bond acceptors (Lipinski definition) is 2. The summed E-state index contributed by atoms with van der Waals surface area (Å²) in [7, 11) is 0. The second kappa shape index (κ2) is 10.8. The fourth-order valence-corrected chi connectivity index (χ4v) is 0. The first-order valence-corrected chi connectivity index (χ1v) is 0.333. The summed E-state index contributed by atoms with van der Waals surface area (Å²) in [6.07, 6.45) is 0. The van der Waals surface area contributed by atoms with Gasteiger partial charge in [-0.15, -0.1) is 0 Å². The number of hydrogen-bond donors (Lipinski definition) is 0. The topological polar surface area (TPSA) is 51.4 Å². The van der Waals surface area contributed by atoms with Crippen molar-refractivity contribution in [2.24, 2.45) is 0 Å². The summed E-state index contributed by atoms with van der Waals surface area (Å²) in [6, 6.07) is 0. The molecule has 0 saturated heterocycles. The standard InChI is InChI=1S/O3.Sn/c1-3-2;. The quantitative estimate of drug-likeness (QED) is 0.190. The fourth-order valence-electron chi connectivity index (χ4n) is 0. The third-order valence-corrected chi connectivity index (χ3v) is 0. The van der Waals surface area contributed by atoms with Crippen LogP contribution >= 0.6 is 0 Å². The third kappa shape index (κ3) is 80.0. The summed E-state index contributed by atoms with van der Waals surface area (Å²) < 4.78 is 1.75. The van der Waals surface area contributed by atoms with Gasteiger partial charge in [0.25, 0.3) is 0 Å². The first-order valence-electron chi connectivity index (χ1n) is 0.333. The van der Waals surface area contributed by atoms with Gasteiger partial charge in [0.15, 0.2) is 4.75 Å². The molecule has 0 rings (SSSR count). The van der Waals surface area contributed by atoms with E-state index in [0.29, 0.717) is 0 Å². The molecule has 0 atom stereocenters. The van der Waals surface area contributed by atoms with E-state index in [1.165, 1.54) is 0 Å². The van der Waals surface area contributed by atoms with Gasteiger partial charge in [-0.2, -0.15) is 0 Å². The Morgan fingerprint density at radius 1 is 1.75 bits per heavy atom. The molecular formula is O3Sn. The molecule has 0 spiro atoms. The zero-order valence-electron chi connectivity index (χ0n) is 1.72. The van der Waals surface area contributed by atoms with Crippen LogP contribution in [0.4, 0.5) is 0 Å². The van der Waals surface area contributed by atoms with Crippen LogP contribution in [0.2, 0.25) is 0 Å². The molecule has 0 aromatic carbocycles. The molecule has 0 aliphatic carbocycles. The molecule has 0 aromatic heterocycles. The van der Waals surface area contributed by atoms with Gasteiger partial charge in [0.1, 0.15) is 0 Å². The summed E-state index contributed by atoms with van der Waals surface area (Å²) in [5, 5.41) is 7.88. The Morgan fingerprint density at radius 3 is 1.75 bits per heavy atom. The third-order valence-electron chi connectivity index (χ3n) is 0. The van der Waals surface area contributed by atoms with Crippen LogP contribution in [0, 0.1) is 9.71 Å². The molecule has 0 unspecified atom stereocenters. The summed E-state index contributed by atoms with van der Waals surface area (Å²) in [6.45, 7) is 0. The first-order chi connectivity index (χ1) is 1.41. The molecule has 0 saturated carbocycles. The molecule has 0 fully saturated rings. The summed E-state index contributed by atoms with van der Waals surface area (Å²) in [5.74, 6) is 0. The van der Waals surface area contributed by atoms with Crippen LogP contribution in [0.5, 0.6) is 0 Å². The van der Waals surface area contributed by atoms with Gasteiger partial charge >= 0.3 is 0 Å². The normalized spacial score (nSPS) is 3.00. The molecular weight excluding hydrogens is 167 g/mol.